The van der Waals surface area contributed by atoms with Crippen molar-refractivity contribution in [2.24, 2.45) is 11.7 Å². The number of ether oxygens (including phenoxy) is 1. The number of hydrogen-bond acceptors (Lipinski definition) is 4. The Morgan fingerprint density at radius 3 is 2.33 bits per heavy atom. The fourth-order valence-electron chi connectivity index (χ4n) is 1.43. The molecule has 0 aromatic carbocycles. The predicted molar refractivity (Wildman–Crippen MR) is 69.9 cm³/mol. The molecule has 0 saturated heterocycles. The summed E-state index contributed by atoms with van der Waals surface area (Å²) in [5, 5.41) is 5.24. The molecule has 6 nitrogen and oxygen atoms in total. The van der Waals surface area contributed by atoms with Crippen molar-refractivity contribution in [3.05, 3.63) is 0 Å². The van der Waals surface area contributed by atoms with Gasteiger partial charge in [0.05, 0.1) is 12.6 Å². The first-order valence-electron chi connectivity index (χ1n) is 6.21. The van der Waals surface area contributed by atoms with Crippen LogP contribution in [-0.2, 0) is 14.3 Å². The van der Waals surface area contributed by atoms with Crippen molar-refractivity contribution < 1.29 is 14.3 Å². The lowest BCUT2D eigenvalue weighted by atomic mass is 10.0. The van der Waals surface area contributed by atoms with E-state index in [-0.39, 0.29) is 11.8 Å². The summed E-state index contributed by atoms with van der Waals surface area (Å²) in [4.78, 5) is 23.3. The number of methoxy groups -OCH3 is 1. The Morgan fingerprint density at radius 2 is 1.83 bits per heavy atom. The third-order valence-corrected chi connectivity index (χ3v) is 2.42. The highest BCUT2D eigenvalue weighted by Crippen LogP contribution is 2.02. The molecule has 0 fully saturated rings. The fraction of sp³-hybridized carbons (Fsp3) is 0.833. The number of rotatable bonds is 8. The lowest BCUT2D eigenvalue weighted by Gasteiger charge is -2.18. The van der Waals surface area contributed by atoms with E-state index in [1.54, 1.807) is 14.0 Å². The van der Waals surface area contributed by atoms with Gasteiger partial charge in [-0.1, -0.05) is 13.8 Å². The number of carbonyl (C=O) groups is 2. The largest absolute Gasteiger partial charge is 0.383 e. The first kappa shape index (κ1) is 16.9. The van der Waals surface area contributed by atoms with Crippen LogP contribution >= 0.6 is 0 Å². The van der Waals surface area contributed by atoms with Crippen molar-refractivity contribution in [2.75, 3.05) is 20.3 Å². The smallest absolute Gasteiger partial charge is 0.242 e. The molecule has 0 heterocycles. The number of hydrogen-bond donors (Lipinski definition) is 3. The van der Waals surface area contributed by atoms with Gasteiger partial charge in [0.2, 0.25) is 11.8 Å². The van der Waals surface area contributed by atoms with Crippen molar-refractivity contribution in [1.29, 1.82) is 0 Å². The highest BCUT2D eigenvalue weighted by Gasteiger charge is 2.20. The summed E-state index contributed by atoms with van der Waals surface area (Å²) >= 11 is 0. The molecular weight excluding hydrogens is 234 g/mol. The summed E-state index contributed by atoms with van der Waals surface area (Å²) in [5.41, 5.74) is 5.72. The monoisotopic (exact) mass is 259 g/mol. The van der Waals surface area contributed by atoms with Crippen LogP contribution in [0.5, 0.6) is 0 Å². The Balaban J connectivity index is 4.02. The number of amides is 2. The maximum absolute atomic E-state index is 11.7. The summed E-state index contributed by atoms with van der Waals surface area (Å²) in [6.45, 7) is 6.48. The van der Waals surface area contributed by atoms with Crippen LogP contribution in [0.1, 0.15) is 27.2 Å². The van der Waals surface area contributed by atoms with Gasteiger partial charge in [-0.3, -0.25) is 9.59 Å². The third kappa shape index (κ3) is 7.24. The zero-order valence-electron chi connectivity index (χ0n) is 11.7. The van der Waals surface area contributed by atoms with E-state index in [1.807, 2.05) is 13.8 Å². The van der Waals surface area contributed by atoms with Crippen LogP contribution in [0.3, 0.4) is 0 Å². The highest BCUT2D eigenvalue weighted by atomic mass is 16.5. The molecule has 0 bridgehead atoms. The summed E-state index contributed by atoms with van der Waals surface area (Å²) in [5.74, 6) is -0.188. The molecule has 0 spiro atoms. The topological polar surface area (TPSA) is 93.5 Å². The molecule has 0 rings (SSSR count). The van der Waals surface area contributed by atoms with Gasteiger partial charge >= 0.3 is 0 Å². The minimum absolute atomic E-state index is 0.239. The molecule has 18 heavy (non-hydrogen) atoms. The molecule has 6 heteroatoms. The van der Waals surface area contributed by atoms with E-state index < -0.39 is 12.1 Å². The Kier molecular flexibility index (Phi) is 8.32. The Labute approximate surface area is 109 Å². The number of nitrogens with two attached hydrogens (primary N) is 1. The van der Waals surface area contributed by atoms with E-state index >= 15 is 0 Å². The molecule has 2 amide bonds. The zero-order valence-corrected chi connectivity index (χ0v) is 11.7. The standard InChI is InChI=1S/C12H25N3O3/c1-8(2)7-10(13)12(17)15-9(3)11(16)14-5-6-18-4/h8-10H,5-7,13H2,1-4H3,(H,14,16)(H,15,17). The summed E-state index contributed by atoms with van der Waals surface area (Å²) in [6.07, 6.45) is 0.601. The Bertz CT molecular complexity index is 269. The molecule has 2 unspecified atom stereocenters. The number of nitrogens with one attached hydrogen (secondary N) is 2. The minimum Gasteiger partial charge on any atom is -0.383 e. The van der Waals surface area contributed by atoms with Gasteiger partial charge in [-0.05, 0) is 19.3 Å². The molecule has 0 radical (unpaired) electrons. The quantitative estimate of drug-likeness (QED) is 0.518. The van der Waals surface area contributed by atoms with E-state index in [2.05, 4.69) is 10.6 Å². The lowest BCUT2D eigenvalue weighted by Crippen LogP contribution is -2.50. The van der Waals surface area contributed by atoms with Crippen LogP contribution < -0.4 is 16.4 Å². The molecule has 106 valence electrons. The molecule has 2 atom stereocenters. The highest BCUT2D eigenvalue weighted by molar-refractivity contribution is 5.89. The summed E-state index contributed by atoms with van der Waals surface area (Å²) in [7, 11) is 1.56. The second-order valence-electron chi connectivity index (χ2n) is 4.75. The van der Waals surface area contributed by atoms with Crippen molar-refractivity contribution in [3.63, 3.8) is 0 Å². The normalized spacial score (nSPS) is 14.1. The van der Waals surface area contributed by atoms with Gasteiger partial charge < -0.3 is 21.1 Å². The van der Waals surface area contributed by atoms with Crippen LogP contribution in [0, 0.1) is 5.92 Å². The van der Waals surface area contributed by atoms with E-state index in [0.29, 0.717) is 25.5 Å². The molecule has 0 aliphatic heterocycles. The number of carbonyl (C=O) groups excluding carboxylic acids is 2. The molecule has 0 aliphatic carbocycles. The Morgan fingerprint density at radius 1 is 1.22 bits per heavy atom. The molecule has 0 aromatic rings. The second-order valence-corrected chi connectivity index (χ2v) is 4.75. The average Bonchev–Trinajstić information content (AvgIpc) is 2.28. The summed E-state index contributed by atoms with van der Waals surface area (Å²) < 4.78 is 4.81. The van der Waals surface area contributed by atoms with E-state index in [1.165, 1.54) is 0 Å². The van der Waals surface area contributed by atoms with Gasteiger partial charge in [0.15, 0.2) is 0 Å². The van der Waals surface area contributed by atoms with Gasteiger partial charge in [0.1, 0.15) is 6.04 Å². The van der Waals surface area contributed by atoms with E-state index in [9.17, 15) is 9.59 Å². The molecular formula is C12H25N3O3. The Hall–Kier alpha value is -1.14. The fourth-order valence-corrected chi connectivity index (χ4v) is 1.43. The van der Waals surface area contributed by atoms with Crippen LogP contribution in [0.15, 0.2) is 0 Å². The van der Waals surface area contributed by atoms with Crippen LogP contribution in [0.2, 0.25) is 0 Å². The maximum Gasteiger partial charge on any atom is 0.242 e. The van der Waals surface area contributed by atoms with Gasteiger partial charge in [-0.25, -0.2) is 0 Å². The van der Waals surface area contributed by atoms with Crippen LogP contribution in [0.4, 0.5) is 0 Å². The van der Waals surface area contributed by atoms with E-state index in [0.717, 1.165) is 0 Å². The molecule has 4 N–H and O–H groups in total. The van der Waals surface area contributed by atoms with Crippen LogP contribution in [0.25, 0.3) is 0 Å². The maximum atomic E-state index is 11.7. The van der Waals surface area contributed by atoms with Crippen molar-refractivity contribution in [1.82, 2.24) is 10.6 Å². The van der Waals surface area contributed by atoms with Gasteiger partial charge in [-0.15, -0.1) is 0 Å². The molecule has 0 aromatic heterocycles. The van der Waals surface area contributed by atoms with Gasteiger partial charge in [0.25, 0.3) is 0 Å². The van der Waals surface area contributed by atoms with Crippen molar-refractivity contribution >= 4 is 11.8 Å². The first-order chi connectivity index (χ1) is 8.38. The van der Waals surface area contributed by atoms with Gasteiger partial charge in [0, 0.05) is 13.7 Å². The second kappa shape index (κ2) is 8.88. The summed E-state index contributed by atoms with van der Waals surface area (Å²) in [6, 6.07) is -1.16. The van der Waals surface area contributed by atoms with Crippen LogP contribution in [-0.4, -0.2) is 44.2 Å². The van der Waals surface area contributed by atoms with E-state index in [4.69, 9.17) is 10.5 Å². The van der Waals surface area contributed by atoms with Crippen molar-refractivity contribution in [3.8, 4) is 0 Å². The molecule has 0 saturated carbocycles. The predicted octanol–water partition coefficient (Wildman–Crippen LogP) is -0.373. The SMILES string of the molecule is COCCNC(=O)C(C)NC(=O)C(N)CC(C)C. The lowest BCUT2D eigenvalue weighted by molar-refractivity contribution is -0.129. The van der Waals surface area contributed by atoms with Gasteiger partial charge in [-0.2, -0.15) is 0 Å². The van der Waals surface area contributed by atoms with Crippen molar-refractivity contribution in [2.45, 2.75) is 39.3 Å². The first-order valence-corrected chi connectivity index (χ1v) is 6.21. The molecule has 0 aliphatic rings. The zero-order chi connectivity index (χ0) is 14.1. The average molecular weight is 259 g/mol. The minimum atomic E-state index is -0.590. The third-order valence-electron chi connectivity index (χ3n) is 2.42.